The number of thioether (sulfide) groups is 1. The van der Waals surface area contributed by atoms with Crippen molar-refractivity contribution in [2.75, 3.05) is 24.8 Å². The van der Waals surface area contributed by atoms with E-state index in [0.717, 1.165) is 41.5 Å². The number of carbonyl (C=O) groups excluding carboxylic acids is 1. The fraction of sp³-hybridized carbons (Fsp3) is 0.381. The number of para-hydroxylation sites is 1. The molecule has 0 spiro atoms. The smallest absolute Gasteiger partial charge is 0.263 e. The Morgan fingerprint density at radius 2 is 2.13 bits per heavy atom. The van der Waals surface area contributed by atoms with Gasteiger partial charge in [-0.25, -0.2) is 4.98 Å². The van der Waals surface area contributed by atoms with Gasteiger partial charge in [-0.15, -0.1) is 11.3 Å². The molecule has 0 bridgehead atoms. The number of benzene rings is 1. The number of hydrogen-bond donors (Lipinski definition) is 1. The zero-order valence-corrected chi connectivity index (χ0v) is 19.0. The van der Waals surface area contributed by atoms with Crippen molar-refractivity contribution in [2.45, 2.75) is 37.4 Å². The van der Waals surface area contributed by atoms with E-state index in [0.29, 0.717) is 29.0 Å². The van der Waals surface area contributed by atoms with Crippen LogP contribution >= 0.6 is 34.7 Å². The predicted octanol–water partition coefficient (Wildman–Crippen LogP) is 4.37. The first kappa shape index (κ1) is 21.4. The fourth-order valence-corrected chi connectivity index (χ4v) is 5.90. The molecule has 4 rings (SSSR count). The third-order valence-electron chi connectivity index (χ3n) is 5.04. The van der Waals surface area contributed by atoms with E-state index in [1.165, 1.54) is 16.6 Å². The molecule has 1 aliphatic rings. The van der Waals surface area contributed by atoms with Crippen molar-refractivity contribution in [3.63, 3.8) is 0 Å². The minimum Gasteiger partial charge on any atom is -0.383 e. The highest BCUT2D eigenvalue weighted by Crippen LogP contribution is 2.34. The Morgan fingerprint density at radius 1 is 1.33 bits per heavy atom. The molecule has 9 heteroatoms. The van der Waals surface area contributed by atoms with Gasteiger partial charge < -0.3 is 10.1 Å². The number of aryl methyl sites for hydroxylation is 2. The molecule has 1 N–H and O–H groups in total. The number of nitrogens with one attached hydrogen (secondary N) is 1. The number of fused-ring (bicyclic) bond motifs is 3. The highest BCUT2D eigenvalue weighted by atomic mass is 35.5. The second-order valence-corrected chi connectivity index (χ2v) is 9.49. The Balaban J connectivity index is 1.61. The van der Waals surface area contributed by atoms with E-state index in [-0.39, 0.29) is 17.2 Å². The van der Waals surface area contributed by atoms with E-state index in [1.54, 1.807) is 41.2 Å². The molecule has 2 heterocycles. The first-order chi connectivity index (χ1) is 14.6. The molecule has 1 amide bonds. The first-order valence-corrected chi connectivity index (χ1v) is 12.0. The van der Waals surface area contributed by atoms with Gasteiger partial charge in [0.1, 0.15) is 4.83 Å². The molecule has 2 aromatic heterocycles. The lowest BCUT2D eigenvalue weighted by atomic mass is 9.97. The van der Waals surface area contributed by atoms with Gasteiger partial charge in [-0.3, -0.25) is 14.2 Å². The zero-order valence-electron chi connectivity index (χ0n) is 16.6. The summed E-state index contributed by atoms with van der Waals surface area (Å²) in [5, 5.41) is 4.57. The molecule has 1 aromatic carbocycles. The van der Waals surface area contributed by atoms with Gasteiger partial charge in [0.25, 0.3) is 5.56 Å². The lowest BCUT2D eigenvalue weighted by molar-refractivity contribution is -0.113. The van der Waals surface area contributed by atoms with Crippen LogP contribution in [0.25, 0.3) is 10.2 Å². The van der Waals surface area contributed by atoms with E-state index >= 15 is 0 Å². The monoisotopic (exact) mass is 463 g/mol. The van der Waals surface area contributed by atoms with Crippen molar-refractivity contribution in [2.24, 2.45) is 0 Å². The maximum Gasteiger partial charge on any atom is 0.263 e. The summed E-state index contributed by atoms with van der Waals surface area (Å²) in [6, 6.07) is 7.09. The van der Waals surface area contributed by atoms with E-state index in [9.17, 15) is 9.59 Å². The number of anilines is 1. The molecule has 6 nitrogen and oxygen atoms in total. The minimum absolute atomic E-state index is 0.0366. The van der Waals surface area contributed by atoms with E-state index in [4.69, 9.17) is 21.3 Å². The number of halogens is 1. The summed E-state index contributed by atoms with van der Waals surface area (Å²) in [5.74, 6) is -0.0764. The van der Waals surface area contributed by atoms with Crippen LogP contribution in [0.5, 0.6) is 0 Å². The highest BCUT2D eigenvalue weighted by Gasteiger charge is 2.22. The van der Waals surface area contributed by atoms with Gasteiger partial charge in [0.05, 0.1) is 35.0 Å². The predicted molar refractivity (Wildman–Crippen MR) is 123 cm³/mol. The Labute approximate surface area is 187 Å². The normalized spacial score (nSPS) is 13.4. The van der Waals surface area contributed by atoms with Gasteiger partial charge in [0, 0.05) is 12.0 Å². The number of amides is 1. The van der Waals surface area contributed by atoms with Crippen LogP contribution in [0.4, 0.5) is 5.69 Å². The van der Waals surface area contributed by atoms with E-state index < -0.39 is 0 Å². The summed E-state index contributed by atoms with van der Waals surface area (Å²) >= 11 is 8.98. The van der Waals surface area contributed by atoms with E-state index in [2.05, 4.69) is 5.32 Å². The van der Waals surface area contributed by atoms with Crippen LogP contribution in [0.3, 0.4) is 0 Å². The lowest BCUT2D eigenvalue weighted by Gasteiger charge is -2.13. The summed E-state index contributed by atoms with van der Waals surface area (Å²) in [6.07, 6.45) is 4.20. The van der Waals surface area contributed by atoms with Crippen molar-refractivity contribution < 1.29 is 9.53 Å². The molecular formula is C21H22ClN3O3S2. The maximum atomic E-state index is 13.3. The van der Waals surface area contributed by atoms with Gasteiger partial charge >= 0.3 is 0 Å². The molecule has 0 atom stereocenters. The molecule has 0 unspecified atom stereocenters. The first-order valence-electron chi connectivity index (χ1n) is 9.79. The Bertz CT molecular complexity index is 1140. The van der Waals surface area contributed by atoms with Crippen LogP contribution in [0.15, 0.2) is 34.2 Å². The summed E-state index contributed by atoms with van der Waals surface area (Å²) in [7, 11) is 1.60. The maximum absolute atomic E-state index is 13.3. The number of hydrogen-bond acceptors (Lipinski definition) is 6. The topological polar surface area (TPSA) is 73.2 Å². The van der Waals surface area contributed by atoms with Crippen LogP contribution in [0.1, 0.15) is 23.3 Å². The van der Waals surface area contributed by atoms with Crippen molar-refractivity contribution in [3.05, 3.63) is 50.1 Å². The second kappa shape index (κ2) is 9.51. The highest BCUT2D eigenvalue weighted by molar-refractivity contribution is 7.99. The van der Waals surface area contributed by atoms with Crippen molar-refractivity contribution in [1.29, 1.82) is 0 Å². The average molecular weight is 464 g/mol. The molecule has 1 aliphatic carbocycles. The zero-order chi connectivity index (χ0) is 21.1. The van der Waals surface area contributed by atoms with Gasteiger partial charge in [-0.1, -0.05) is 35.5 Å². The summed E-state index contributed by atoms with van der Waals surface area (Å²) in [6.45, 7) is 0.802. The summed E-state index contributed by atoms with van der Waals surface area (Å²) < 4.78 is 6.83. The van der Waals surface area contributed by atoms with E-state index in [1.807, 2.05) is 6.07 Å². The summed E-state index contributed by atoms with van der Waals surface area (Å²) in [5.41, 5.74) is 1.69. The third kappa shape index (κ3) is 4.42. The number of thiophene rings is 1. The fourth-order valence-electron chi connectivity index (χ4n) is 3.59. The van der Waals surface area contributed by atoms with Gasteiger partial charge in [0.15, 0.2) is 5.16 Å². The van der Waals surface area contributed by atoms with Gasteiger partial charge in [-0.2, -0.15) is 0 Å². The minimum atomic E-state index is -0.203. The third-order valence-corrected chi connectivity index (χ3v) is 7.53. The summed E-state index contributed by atoms with van der Waals surface area (Å²) in [4.78, 5) is 32.6. The second-order valence-electron chi connectivity index (χ2n) is 7.05. The van der Waals surface area contributed by atoms with Gasteiger partial charge in [0.2, 0.25) is 5.91 Å². The number of aromatic nitrogens is 2. The van der Waals surface area contributed by atoms with Crippen LogP contribution in [0.2, 0.25) is 5.02 Å². The van der Waals surface area contributed by atoms with Crippen molar-refractivity contribution >= 4 is 56.5 Å². The number of methoxy groups -OCH3 is 1. The Kier molecular flexibility index (Phi) is 6.77. The Morgan fingerprint density at radius 3 is 2.93 bits per heavy atom. The number of nitrogens with zero attached hydrogens (tertiary/aromatic N) is 2. The molecule has 0 saturated heterocycles. The molecule has 30 heavy (non-hydrogen) atoms. The molecule has 0 saturated carbocycles. The van der Waals surface area contributed by atoms with Crippen molar-refractivity contribution in [3.8, 4) is 0 Å². The van der Waals surface area contributed by atoms with Crippen LogP contribution in [0, 0.1) is 0 Å². The van der Waals surface area contributed by atoms with Gasteiger partial charge in [-0.05, 0) is 43.4 Å². The molecule has 3 aromatic rings. The molecule has 0 radical (unpaired) electrons. The average Bonchev–Trinajstić information content (AvgIpc) is 3.12. The molecular weight excluding hydrogens is 442 g/mol. The van der Waals surface area contributed by atoms with Crippen LogP contribution in [-0.2, 0) is 28.9 Å². The largest absolute Gasteiger partial charge is 0.383 e. The lowest BCUT2D eigenvalue weighted by Crippen LogP contribution is -2.26. The SMILES string of the molecule is COCCn1c(SCC(=O)Nc2ccccc2Cl)nc2sc3c(c2c1=O)CCCC3. The van der Waals surface area contributed by atoms with Crippen LogP contribution in [-0.4, -0.2) is 34.9 Å². The Hall–Kier alpha value is -1.87. The molecule has 0 fully saturated rings. The quantitative estimate of drug-likeness (QED) is 0.416. The van der Waals surface area contributed by atoms with Crippen LogP contribution < -0.4 is 10.9 Å². The number of rotatable bonds is 7. The standard InChI is InChI=1S/C21H22ClN3O3S2/c1-28-11-10-25-20(27)18-13-6-2-5-9-16(13)30-19(18)24-21(25)29-12-17(26)23-15-8-4-3-7-14(15)22/h3-4,7-8H,2,5-6,9-12H2,1H3,(H,23,26). The number of ether oxygens (including phenoxy) is 1. The number of carbonyl (C=O) groups is 1. The molecule has 158 valence electrons. The van der Waals surface area contributed by atoms with Crippen molar-refractivity contribution in [1.82, 2.24) is 9.55 Å². The molecule has 0 aliphatic heterocycles.